The third-order valence-electron chi connectivity index (χ3n) is 4.53. The van der Waals surface area contributed by atoms with Gasteiger partial charge in [0.1, 0.15) is 5.92 Å². The molecule has 0 aromatic heterocycles. The predicted molar refractivity (Wildman–Crippen MR) is 80.5 cm³/mol. The lowest BCUT2D eigenvalue weighted by molar-refractivity contribution is -0.120. The zero-order chi connectivity index (χ0) is 14.5. The molecule has 1 atom stereocenters. The quantitative estimate of drug-likeness (QED) is 0.810. The highest BCUT2D eigenvalue weighted by Crippen LogP contribution is 2.29. The first-order valence-electron chi connectivity index (χ1n) is 7.61. The second-order valence-electron chi connectivity index (χ2n) is 6.08. The van der Waals surface area contributed by atoms with Crippen molar-refractivity contribution in [1.29, 1.82) is 5.26 Å². The van der Waals surface area contributed by atoms with E-state index in [2.05, 4.69) is 6.07 Å². The minimum atomic E-state index is -0.587. The number of rotatable bonds is 4. The zero-order valence-electron chi connectivity index (χ0n) is 12.5. The summed E-state index contributed by atoms with van der Waals surface area (Å²) in [5, 5.41) is 9.37. The van der Waals surface area contributed by atoms with Crippen LogP contribution in [0.5, 0.6) is 0 Å². The number of hydrogen-bond donors (Lipinski definition) is 0. The van der Waals surface area contributed by atoms with Crippen LogP contribution in [0.25, 0.3) is 0 Å². The van der Waals surface area contributed by atoms with E-state index in [-0.39, 0.29) is 5.78 Å². The molecule has 0 radical (unpaired) electrons. The molecule has 0 N–H and O–H groups in total. The van der Waals surface area contributed by atoms with E-state index in [0.29, 0.717) is 12.3 Å². The van der Waals surface area contributed by atoms with Gasteiger partial charge in [-0.3, -0.25) is 4.79 Å². The number of Topliss-reactive ketones (excluding diaryl/α,β-unsaturated/α-hetero) is 1. The van der Waals surface area contributed by atoms with Crippen molar-refractivity contribution in [3.8, 4) is 6.07 Å². The molecule has 0 aliphatic heterocycles. The topological polar surface area (TPSA) is 40.9 Å². The van der Waals surface area contributed by atoms with E-state index in [1.807, 2.05) is 32.0 Å². The fraction of sp³-hybridized carbons (Fsp3) is 0.556. The van der Waals surface area contributed by atoms with Crippen molar-refractivity contribution in [2.75, 3.05) is 0 Å². The Labute approximate surface area is 121 Å². The number of carbonyl (C=O) groups is 1. The molecule has 20 heavy (non-hydrogen) atoms. The van der Waals surface area contributed by atoms with E-state index in [1.54, 1.807) is 0 Å². The Kier molecular flexibility index (Phi) is 4.95. The highest BCUT2D eigenvalue weighted by atomic mass is 16.1. The van der Waals surface area contributed by atoms with Crippen LogP contribution in [0.15, 0.2) is 18.2 Å². The molecule has 1 aliphatic rings. The number of benzene rings is 1. The number of carbonyl (C=O) groups excluding carboxylic acids is 1. The third kappa shape index (κ3) is 3.48. The van der Waals surface area contributed by atoms with Gasteiger partial charge in [-0.25, -0.2) is 0 Å². The Morgan fingerprint density at radius 3 is 2.55 bits per heavy atom. The summed E-state index contributed by atoms with van der Waals surface area (Å²) in [6.45, 7) is 4.07. The van der Waals surface area contributed by atoms with Crippen molar-refractivity contribution in [3.63, 3.8) is 0 Å². The first-order chi connectivity index (χ1) is 9.61. The van der Waals surface area contributed by atoms with Gasteiger partial charge in [0.15, 0.2) is 5.78 Å². The standard InChI is InChI=1S/C18H23NO/c1-13-8-9-16(10-14(13)2)17(12-19)18(20)11-15-6-4-3-5-7-15/h8-10,15,17H,3-7,11H2,1-2H3. The lowest BCUT2D eigenvalue weighted by atomic mass is 9.82. The molecule has 2 rings (SSSR count). The molecule has 0 bridgehead atoms. The van der Waals surface area contributed by atoms with Gasteiger partial charge in [-0.15, -0.1) is 0 Å². The Bertz CT molecular complexity index is 521. The van der Waals surface area contributed by atoms with Gasteiger partial charge in [-0.2, -0.15) is 5.26 Å². The molecule has 106 valence electrons. The normalized spacial score (nSPS) is 17.4. The summed E-state index contributed by atoms with van der Waals surface area (Å²) in [5.41, 5.74) is 3.20. The van der Waals surface area contributed by atoms with Gasteiger partial charge >= 0.3 is 0 Å². The average Bonchev–Trinajstić information content (AvgIpc) is 2.44. The Morgan fingerprint density at radius 1 is 1.25 bits per heavy atom. The molecule has 1 aromatic carbocycles. The van der Waals surface area contributed by atoms with E-state index >= 15 is 0 Å². The van der Waals surface area contributed by atoms with Crippen LogP contribution in [0.3, 0.4) is 0 Å². The summed E-state index contributed by atoms with van der Waals surface area (Å²) < 4.78 is 0. The van der Waals surface area contributed by atoms with Crippen LogP contribution in [0.4, 0.5) is 0 Å². The van der Waals surface area contributed by atoms with Crippen molar-refractivity contribution in [2.24, 2.45) is 5.92 Å². The number of ketones is 1. The predicted octanol–water partition coefficient (Wildman–Crippen LogP) is 4.45. The summed E-state index contributed by atoms with van der Waals surface area (Å²) in [6.07, 6.45) is 6.64. The van der Waals surface area contributed by atoms with E-state index < -0.39 is 5.92 Å². The van der Waals surface area contributed by atoms with Crippen LogP contribution >= 0.6 is 0 Å². The molecule has 0 amide bonds. The SMILES string of the molecule is Cc1ccc(C(C#N)C(=O)CC2CCCCC2)cc1C. The molecule has 0 heterocycles. The summed E-state index contributed by atoms with van der Waals surface area (Å²) in [6, 6.07) is 8.12. The fourth-order valence-corrected chi connectivity index (χ4v) is 3.07. The maximum Gasteiger partial charge on any atom is 0.154 e. The van der Waals surface area contributed by atoms with Crippen LogP contribution in [0, 0.1) is 31.1 Å². The summed E-state index contributed by atoms with van der Waals surface area (Å²) in [5.74, 6) is 0.0116. The largest absolute Gasteiger partial charge is 0.298 e. The molecular formula is C18H23NO. The van der Waals surface area contributed by atoms with Crippen molar-refractivity contribution in [2.45, 2.75) is 58.3 Å². The first kappa shape index (κ1) is 14.8. The van der Waals surface area contributed by atoms with Crippen LogP contribution in [0.1, 0.15) is 61.1 Å². The van der Waals surface area contributed by atoms with E-state index in [4.69, 9.17) is 0 Å². The van der Waals surface area contributed by atoms with Crippen molar-refractivity contribution in [1.82, 2.24) is 0 Å². The highest BCUT2D eigenvalue weighted by molar-refractivity contribution is 5.88. The van der Waals surface area contributed by atoms with Crippen molar-refractivity contribution in [3.05, 3.63) is 34.9 Å². The van der Waals surface area contributed by atoms with Crippen LogP contribution < -0.4 is 0 Å². The van der Waals surface area contributed by atoms with Crippen molar-refractivity contribution >= 4 is 5.78 Å². The Balaban J connectivity index is 2.08. The van der Waals surface area contributed by atoms with Crippen LogP contribution in [-0.4, -0.2) is 5.78 Å². The number of nitrogens with zero attached hydrogens (tertiary/aromatic N) is 1. The minimum Gasteiger partial charge on any atom is -0.298 e. The first-order valence-corrected chi connectivity index (χ1v) is 7.61. The zero-order valence-corrected chi connectivity index (χ0v) is 12.5. The van der Waals surface area contributed by atoms with Gasteiger partial charge in [0.2, 0.25) is 0 Å². The molecule has 1 unspecified atom stereocenters. The number of nitriles is 1. The van der Waals surface area contributed by atoms with Gasteiger partial charge in [0.05, 0.1) is 6.07 Å². The smallest absolute Gasteiger partial charge is 0.154 e. The molecule has 1 aliphatic carbocycles. The molecular weight excluding hydrogens is 246 g/mol. The summed E-state index contributed by atoms with van der Waals surface area (Å²) in [7, 11) is 0. The third-order valence-corrected chi connectivity index (χ3v) is 4.53. The molecule has 0 saturated heterocycles. The summed E-state index contributed by atoms with van der Waals surface area (Å²) >= 11 is 0. The lowest BCUT2D eigenvalue weighted by Gasteiger charge is -2.21. The van der Waals surface area contributed by atoms with E-state index in [0.717, 1.165) is 24.0 Å². The van der Waals surface area contributed by atoms with Crippen molar-refractivity contribution < 1.29 is 4.79 Å². The van der Waals surface area contributed by atoms with Gasteiger partial charge in [0, 0.05) is 6.42 Å². The van der Waals surface area contributed by atoms with Gasteiger partial charge < -0.3 is 0 Å². The Morgan fingerprint density at radius 2 is 1.95 bits per heavy atom. The maximum absolute atomic E-state index is 12.4. The Hall–Kier alpha value is -1.62. The average molecular weight is 269 g/mol. The molecule has 1 aromatic rings. The number of aryl methyl sites for hydroxylation is 2. The molecule has 1 saturated carbocycles. The second kappa shape index (κ2) is 6.70. The fourth-order valence-electron chi connectivity index (χ4n) is 3.07. The second-order valence-corrected chi connectivity index (χ2v) is 6.08. The van der Waals surface area contributed by atoms with Crippen LogP contribution in [-0.2, 0) is 4.79 Å². The molecule has 0 spiro atoms. The lowest BCUT2D eigenvalue weighted by Crippen LogP contribution is -2.17. The monoisotopic (exact) mass is 269 g/mol. The van der Waals surface area contributed by atoms with E-state index in [9.17, 15) is 10.1 Å². The number of hydrogen-bond acceptors (Lipinski definition) is 2. The van der Waals surface area contributed by atoms with Gasteiger partial charge in [-0.1, -0.05) is 50.3 Å². The van der Waals surface area contributed by atoms with Crippen LogP contribution in [0.2, 0.25) is 0 Å². The molecule has 1 fully saturated rings. The molecule has 2 nitrogen and oxygen atoms in total. The minimum absolute atomic E-state index is 0.0997. The van der Waals surface area contributed by atoms with Gasteiger partial charge in [-0.05, 0) is 36.5 Å². The maximum atomic E-state index is 12.4. The van der Waals surface area contributed by atoms with Gasteiger partial charge in [0.25, 0.3) is 0 Å². The highest BCUT2D eigenvalue weighted by Gasteiger charge is 2.24. The van der Waals surface area contributed by atoms with E-state index in [1.165, 1.54) is 24.8 Å². The summed E-state index contributed by atoms with van der Waals surface area (Å²) in [4.78, 5) is 12.4. The molecule has 2 heteroatoms.